The summed E-state index contributed by atoms with van der Waals surface area (Å²) >= 11 is 0. The van der Waals surface area contributed by atoms with Crippen molar-refractivity contribution in [2.45, 2.75) is 0 Å². The molecule has 0 amide bonds. The summed E-state index contributed by atoms with van der Waals surface area (Å²) in [6, 6.07) is 78.8. The maximum atomic E-state index is 10.3. The molecule has 0 saturated carbocycles. The molecular formula is C55H35N3OSi. The average molecular weight is 782 g/mol. The van der Waals surface area contributed by atoms with Crippen LogP contribution in [-0.4, -0.2) is 17.2 Å². The Kier molecular flexibility index (Phi) is 7.58. The molecule has 3 heterocycles. The molecule has 0 radical (unpaired) electrons. The van der Waals surface area contributed by atoms with Gasteiger partial charge in [-0.25, -0.2) is 0 Å². The Morgan fingerprint density at radius 2 is 0.933 bits per heavy atom. The van der Waals surface area contributed by atoms with Crippen molar-refractivity contribution in [2.24, 2.45) is 0 Å². The molecule has 0 aliphatic rings. The largest absolute Gasteiger partial charge is 0.456 e. The summed E-state index contributed by atoms with van der Waals surface area (Å²) in [5.41, 5.74) is 9.19. The van der Waals surface area contributed by atoms with Gasteiger partial charge < -0.3 is 13.6 Å². The van der Waals surface area contributed by atoms with E-state index in [-0.39, 0.29) is 0 Å². The first-order chi connectivity index (χ1) is 29.7. The standard InChI is InChI=1S/C55H35N3OSi/c56-36-37-14-12-18-42(34-37)60(40-16-2-1-3-17-40,41-30-28-38(29-31-41)57-49-24-8-4-20-44(49)45-21-5-9-25-50(45)57)43-19-13-15-39(35-43)58-51-26-10-6-22-46(51)47-32-33-53-54(55(47)58)48-23-7-11-27-52(48)59-53/h1-35H. The molecule has 3 aromatic heterocycles. The fraction of sp³-hybridized carbons (Fsp3) is 0. The molecule has 9 aromatic carbocycles. The zero-order chi connectivity index (χ0) is 39.8. The molecular weight excluding hydrogens is 747 g/mol. The SMILES string of the molecule is N#Cc1cccc([Si](c2ccccc2)(c2ccc(-n3c4ccccc4c4ccccc43)cc2)c2cccc(-n3c4ccccc4c4ccc5oc6ccccc6c5c43)c2)c1. The van der Waals surface area contributed by atoms with Gasteiger partial charge in [-0.1, -0.05) is 140 Å². The highest BCUT2D eigenvalue weighted by atomic mass is 28.3. The van der Waals surface area contributed by atoms with E-state index in [4.69, 9.17) is 4.42 Å². The third kappa shape index (κ3) is 4.89. The van der Waals surface area contributed by atoms with E-state index >= 15 is 0 Å². The topological polar surface area (TPSA) is 46.8 Å². The summed E-state index contributed by atoms with van der Waals surface area (Å²) < 4.78 is 11.3. The number of para-hydroxylation sites is 4. The molecule has 0 fully saturated rings. The maximum Gasteiger partial charge on any atom is 0.179 e. The van der Waals surface area contributed by atoms with Crippen LogP contribution < -0.4 is 20.7 Å². The second-order valence-corrected chi connectivity index (χ2v) is 19.4. The number of hydrogen-bond donors (Lipinski definition) is 0. The summed E-state index contributed by atoms with van der Waals surface area (Å²) in [5.74, 6) is 0. The first kappa shape index (κ1) is 34.2. The molecule has 0 N–H and O–H groups in total. The van der Waals surface area contributed by atoms with Crippen molar-refractivity contribution in [3.8, 4) is 17.4 Å². The molecule has 12 aromatic rings. The van der Waals surface area contributed by atoms with E-state index in [9.17, 15) is 5.26 Å². The number of furan rings is 1. The van der Waals surface area contributed by atoms with Gasteiger partial charge in [0.2, 0.25) is 0 Å². The summed E-state index contributed by atoms with van der Waals surface area (Å²) in [6.07, 6.45) is 0. The lowest BCUT2D eigenvalue weighted by molar-refractivity contribution is 0.669. The molecule has 0 bridgehead atoms. The lowest BCUT2D eigenvalue weighted by Crippen LogP contribution is -2.74. The molecule has 60 heavy (non-hydrogen) atoms. The highest BCUT2D eigenvalue weighted by Gasteiger charge is 2.42. The summed E-state index contributed by atoms with van der Waals surface area (Å²) in [7, 11) is -3.12. The summed E-state index contributed by atoms with van der Waals surface area (Å²) in [5, 5.41) is 22.2. The Morgan fingerprint density at radius 1 is 0.383 bits per heavy atom. The first-order valence-corrected chi connectivity index (χ1v) is 22.3. The Labute approximate surface area is 347 Å². The van der Waals surface area contributed by atoms with Crippen molar-refractivity contribution in [2.75, 3.05) is 0 Å². The fourth-order valence-corrected chi connectivity index (χ4v) is 14.8. The molecule has 1 unspecified atom stereocenters. The average Bonchev–Trinajstić information content (AvgIpc) is 3.98. The minimum Gasteiger partial charge on any atom is -0.456 e. The lowest BCUT2D eigenvalue weighted by atomic mass is 10.1. The van der Waals surface area contributed by atoms with Gasteiger partial charge in [0.25, 0.3) is 0 Å². The number of benzene rings is 9. The van der Waals surface area contributed by atoms with Crippen molar-refractivity contribution < 1.29 is 4.42 Å². The molecule has 1 atom stereocenters. The number of hydrogen-bond acceptors (Lipinski definition) is 2. The molecule has 12 rings (SSSR count). The quantitative estimate of drug-likeness (QED) is 0.125. The predicted molar refractivity (Wildman–Crippen MR) is 251 cm³/mol. The Hall–Kier alpha value is -7.91. The fourth-order valence-electron chi connectivity index (χ4n) is 9.98. The number of nitriles is 1. The van der Waals surface area contributed by atoms with E-state index in [1.807, 2.05) is 18.2 Å². The van der Waals surface area contributed by atoms with Gasteiger partial charge in [-0.2, -0.15) is 5.26 Å². The van der Waals surface area contributed by atoms with Gasteiger partial charge >= 0.3 is 0 Å². The van der Waals surface area contributed by atoms with Crippen LogP contribution in [0, 0.1) is 11.3 Å². The molecule has 0 saturated heterocycles. The van der Waals surface area contributed by atoms with Crippen LogP contribution in [0.1, 0.15) is 5.56 Å². The minimum absolute atomic E-state index is 0.648. The molecule has 4 nitrogen and oxygen atoms in total. The smallest absolute Gasteiger partial charge is 0.179 e. The van der Waals surface area contributed by atoms with Gasteiger partial charge in [0.1, 0.15) is 11.2 Å². The van der Waals surface area contributed by atoms with Gasteiger partial charge in [0, 0.05) is 38.3 Å². The molecule has 0 aliphatic heterocycles. The third-order valence-corrected chi connectivity index (χ3v) is 17.2. The normalized spacial score (nSPS) is 12.8. The van der Waals surface area contributed by atoms with Crippen molar-refractivity contribution in [1.29, 1.82) is 5.26 Å². The van der Waals surface area contributed by atoms with Crippen LogP contribution in [0.2, 0.25) is 0 Å². The van der Waals surface area contributed by atoms with E-state index in [1.165, 1.54) is 48.1 Å². The van der Waals surface area contributed by atoms with E-state index < -0.39 is 8.07 Å². The van der Waals surface area contributed by atoms with Crippen LogP contribution in [0.25, 0.3) is 76.9 Å². The first-order valence-electron chi connectivity index (χ1n) is 20.3. The Bertz CT molecular complexity index is 3630. The van der Waals surface area contributed by atoms with Gasteiger partial charge in [-0.3, -0.25) is 0 Å². The van der Waals surface area contributed by atoms with Crippen LogP contribution in [-0.2, 0) is 0 Å². The number of aromatic nitrogens is 2. The zero-order valence-corrected chi connectivity index (χ0v) is 33.5. The van der Waals surface area contributed by atoms with Crippen LogP contribution in [0.4, 0.5) is 0 Å². The number of rotatable bonds is 6. The van der Waals surface area contributed by atoms with Crippen molar-refractivity contribution in [3.05, 3.63) is 218 Å². The molecule has 0 spiro atoms. The van der Waals surface area contributed by atoms with Crippen molar-refractivity contribution in [3.63, 3.8) is 0 Å². The number of fused-ring (bicyclic) bond motifs is 10. The van der Waals surface area contributed by atoms with Gasteiger partial charge in [-0.05, 0) is 93.5 Å². The van der Waals surface area contributed by atoms with E-state index in [0.29, 0.717) is 5.56 Å². The van der Waals surface area contributed by atoms with Crippen LogP contribution in [0.3, 0.4) is 0 Å². The second kappa shape index (κ2) is 13.3. The van der Waals surface area contributed by atoms with E-state index in [0.717, 1.165) is 49.5 Å². The predicted octanol–water partition coefficient (Wildman–Crippen LogP) is 11.0. The Morgan fingerprint density at radius 3 is 1.63 bits per heavy atom. The van der Waals surface area contributed by atoms with E-state index in [1.54, 1.807) is 0 Å². The summed E-state index contributed by atoms with van der Waals surface area (Å²) in [4.78, 5) is 0. The molecule has 5 heteroatoms. The molecule has 0 aliphatic carbocycles. The maximum absolute atomic E-state index is 10.3. The zero-order valence-electron chi connectivity index (χ0n) is 32.5. The van der Waals surface area contributed by atoms with Gasteiger partial charge in [-0.15, -0.1) is 0 Å². The van der Waals surface area contributed by atoms with Crippen LogP contribution >= 0.6 is 0 Å². The van der Waals surface area contributed by atoms with Gasteiger partial charge in [0.05, 0.1) is 39.1 Å². The second-order valence-electron chi connectivity index (χ2n) is 15.6. The van der Waals surface area contributed by atoms with Gasteiger partial charge in [0.15, 0.2) is 8.07 Å². The van der Waals surface area contributed by atoms with Crippen LogP contribution in [0.5, 0.6) is 0 Å². The Balaban J connectivity index is 1.15. The van der Waals surface area contributed by atoms with E-state index in [2.05, 4.69) is 209 Å². The third-order valence-electron chi connectivity index (χ3n) is 12.5. The number of nitrogens with zero attached hydrogens (tertiary/aromatic N) is 3. The highest BCUT2D eigenvalue weighted by Crippen LogP contribution is 2.41. The van der Waals surface area contributed by atoms with Crippen LogP contribution in [0.15, 0.2) is 217 Å². The monoisotopic (exact) mass is 781 g/mol. The summed E-state index contributed by atoms with van der Waals surface area (Å²) in [6.45, 7) is 0. The van der Waals surface area contributed by atoms with Crippen molar-refractivity contribution >= 4 is 94.4 Å². The minimum atomic E-state index is -3.12. The lowest BCUT2D eigenvalue weighted by Gasteiger charge is -2.35. The highest BCUT2D eigenvalue weighted by molar-refractivity contribution is 7.20. The molecule has 280 valence electrons. The van der Waals surface area contributed by atoms with Crippen molar-refractivity contribution in [1.82, 2.24) is 9.13 Å².